The Morgan fingerprint density at radius 1 is 1.16 bits per heavy atom. The van der Waals surface area contributed by atoms with Crippen LogP contribution >= 0.6 is 0 Å². The lowest BCUT2D eigenvalue weighted by molar-refractivity contribution is -0.118. The minimum absolute atomic E-state index is 0.0699. The van der Waals surface area contributed by atoms with Crippen molar-refractivity contribution in [2.24, 2.45) is 0 Å². The van der Waals surface area contributed by atoms with E-state index in [1.807, 2.05) is 32.0 Å². The topological polar surface area (TPSA) is 58.6 Å². The first-order valence-corrected chi connectivity index (χ1v) is 8.33. The molecule has 5 heteroatoms. The lowest BCUT2D eigenvalue weighted by Crippen LogP contribution is -2.41. The fourth-order valence-corrected chi connectivity index (χ4v) is 2.97. The first kappa shape index (κ1) is 17.0. The molecule has 5 nitrogen and oxygen atoms in total. The van der Waals surface area contributed by atoms with Crippen LogP contribution in [0.15, 0.2) is 42.5 Å². The number of amides is 2. The summed E-state index contributed by atoms with van der Waals surface area (Å²) in [4.78, 5) is 26.8. The third kappa shape index (κ3) is 3.50. The highest BCUT2D eigenvalue weighted by atomic mass is 16.5. The van der Waals surface area contributed by atoms with Gasteiger partial charge in [0.15, 0.2) is 0 Å². The van der Waals surface area contributed by atoms with Gasteiger partial charge in [-0.05, 0) is 61.7 Å². The molecule has 25 heavy (non-hydrogen) atoms. The average molecular weight is 338 g/mol. The second-order valence-electron chi connectivity index (χ2n) is 6.31. The predicted octanol–water partition coefficient (Wildman–Crippen LogP) is 2.85. The SMILES string of the molecule is COc1cccc(C(=O)N[C@@H]2CCN(c3ccc(C)c(C)c3)C2=O)c1. The second kappa shape index (κ2) is 6.97. The van der Waals surface area contributed by atoms with E-state index in [1.54, 1.807) is 36.3 Å². The van der Waals surface area contributed by atoms with Crippen LogP contribution in [-0.2, 0) is 4.79 Å². The molecule has 0 aromatic heterocycles. The van der Waals surface area contributed by atoms with Crippen molar-refractivity contribution in [2.45, 2.75) is 26.3 Å². The van der Waals surface area contributed by atoms with E-state index >= 15 is 0 Å². The quantitative estimate of drug-likeness (QED) is 0.932. The molecule has 0 radical (unpaired) electrons. The number of hydrogen-bond acceptors (Lipinski definition) is 3. The summed E-state index contributed by atoms with van der Waals surface area (Å²) in [6.45, 7) is 4.67. The van der Waals surface area contributed by atoms with Crippen LogP contribution in [0.1, 0.15) is 27.9 Å². The van der Waals surface area contributed by atoms with E-state index in [0.29, 0.717) is 24.3 Å². The van der Waals surface area contributed by atoms with Crippen LogP contribution in [-0.4, -0.2) is 31.5 Å². The molecule has 0 aliphatic carbocycles. The molecule has 0 bridgehead atoms. The van der Waals surface area contributed by atoms with Gasteiger partial charge in [-0.15, -0.1) is 0 Å². The Bertz CT molecular complexity index is 816. The second-order valence-corrected chi connectivity index (χ2v) is 6.31. The van der Waals surface area contributed by atoms with E-state index in [9.17, 15) is 9.59 Å². The Hall–Kier alpha value is -2.82. The maximum Gasteiger partial charge on any atom is 0.252 e. The summed E-state index contributed by atoms with van der Waals surface area (Å²) in [6, 6.07) is 12.4. The van der Waals surface area contributed by atoms with Gasteiger partial charge in [0.25, 0.3) is 5.91 Å². The summed E-state index contributed by atoms with van der Waals surface area (Å²) in [5.74, 6) is 0.279. The summed E-state index contributed by atoms with van der Waals surface area (Å²) in [5.41, 5.74) is 3.70. The summed E-state index contributed by atoms with van der Waals surface area (Å²) in [7, 11) is 1.55. The molecule has 1 saturated heterocycles. The van der Waals surface area contributed by atoms with Crippen LogP contribution < -0.4 is 15.0 Å². The number of rotatable bonds is 4. The number of hydrogen-bond donors (Lipinski definition) is 1. The number of ether oxygens (including phenoxy) is 1. The molecule has 2 aromatic carbocycles. The van der Waals surface area contributed by atoms with Crippen molar-refractivity contribution in [3.05, 3.63) is 59.2 Å². The highest BCUT2D eigenvalue weighted by Gasteiger charge is 2.33. The molecule has 1 aliphatic rings. The monoisotopic (exact) mass is 338 g/mol. The first-order chi connectivity index (χ1) is 12.0. The van der Waals surface area contributed by atoms with Gasteiger partial charge in [-0.25, -0.2) is 0 Å². The van der Waals surface area contributed by atoms with E-state index in [0.717, 1.165) is 11.3 Å². The van der Waals surface area contributed by atoms with E-state index in [2.05, 4.69) is 5.32 Å². The van der Waals surface area contributed by atoms with Gasteiger partial charge in [0.1, 0.15) is 11.8 Å². The minimum Gasteiger partial charge on any atom is -0.497 e. The molecule has 1 heterocycles. The Morgan fingerprint density at radius 3 is 2.68 bits per heavy atom. The van der Waals surface area contributed by atoms with Gasteiger partial charge in [0.2, 0.25) is 5.91 Å². The molecule has 1 N–H and O–H groups in total. The molecule has 2 aromatic rings. The van der Waals surface area contributed by atoms with Gasteiger partial charge in [-0.2, -0.15) is 0 Å². The number of carbonyl (C=O) groups is 2. The van der Waals surface area contributed by atoms with Crippen LogP contribution in [0, 0.1) is 13.8 Å². The highest BCUT2D eigenvalue weighted by molar-refractivity contribution is 6.04. The van der Waals surface area contributed by atoms with Gasteiger partial charge in [-0.1, -0.05) is 12.1 Å². The van der Waals surface area contributed by atoms with Gasteiger partial charge < -0.3 is 15.0 Å². The fourth-order valence-electron chi connectivity index (χ4n) is 2.97. The Kier molecular flexibility index (Phi) is 4.74. The third-order valence-electron chi connectivity index (χ3n) is 4.64. The lowest BCUT2D eigenvalue weighted by Gasteiger charge is -2.18. The summed E-state index contributed by atoms with van der Waals surface area (Å²) < 4.78 is 5.14. The molecule has 0 spiro atoms. The van der Waals surface area contributed by atoms with Crippen molar-refractivity contribution in [1.82, 2.24) is 5.32 Å². The predicted molar refractivity (Wildman–Crippen MR) is 97.1 cm³/mol. The zero-order valence-electron chi connectivity index (χ0n) is 14.7. The van der Waals surface area contributed by atoms with Crippen molar-refractivity contribution < 1.29 is 14.3 Å². The largest absolute Gasteiger partial charge is 0.497 e. The molecule has 0 saturated carbocycles. The zero-order valence-corrected chi connectivity index (χ0v) is 14.7. The standard InChI is InChI=1S/C20H22N2O3/c1-13-7-8-16(11-14(13)2)22-10-9-18(20(22)24)21-19(23)15-5-4-6-17(12-15)25-3/h4-8,11-12,18H,9-10H2,1-3H3,(H,21,23)/t18-/m1/s1. The zero-order chi connectivity index (χ0) is 18.0. The Morgan fingerprint density at radius 2 is 1.96 bits per heavy atom. The molecule has 1 fully saturated rings. The number of nitrogens with zero attached hydrogens (tertiary/aromatic N) is 1. The molecule has 2 amide bonds. The molecule has 3 rings (SSSR count). The molecular weight excluding hydrogens is 316 g/mol. The number of anilines is 1. The lowest BCUT2D eigenvalue weighted by atomic mass is 10.1. The fraction of sp³-hybridized carbons (Fsp3) is 0.300. The summed E-state index contributed by atoms with van der Waals surface area (Å²) in [5, 5.41) is 2.84. The van der Waals surface area contributed by atoms with Crippen LogP contribution in [0.25, 0.3) is 0 Å². The van der Waals surface area contributed by atoms with Crippen molar-refractivity contribution in [1.29, 1.82) is 0 Å². The maximum absolute atomic E-state index is 12.7. The smallest absolute Gasteiger partial charge is 0.252 e. The number of nitrogens with one attached hydrogen (secondary N) is 1. The Balaban J connectivity index is 1.71. The van der Waals surface area contributed by atoms with E-state index < -0.39 is 6.04 Å². The summed E-state index contributed by atoms with van der Waals surface area (Å²) >= 11 is 0. The summed E-state index contributed by atoms with van der Waals surface area (Å²) in [6.07, 6.45) is 0.599. The molecule has 0 unspecified atom stereocenters. The highest BCUT2D eigenvalue weighted by Crippen LogP contribution is 2.24. The molecule has 1 aliphatic heterocycles. The number of methoxy groups -OCH3 is 1. The van der Waals surface area contributed by atoms with Gasteiger partial charge >= 0.3 is 0 Å². The number of carbonyl (C=O) groups excluding carboxylic acids is 2. The van der Waals surface area contributed by atoms with Crippen LogP contribution in [0.5, 0.6) is 5.75 Å². The Labute approximate surface area is 147 Å². The normalized spacial score (nSPS) is 16.8. The van der Waals surface area contributed by atoms with E-state index in [1.165, 1.54) is 5.56 Å². The first-order valence-electron chi connectivity index (χ1n) is 8.33. The molecular formula is C20H22N2O3. The third-order valence-corrected chi connectivity index (χ3v) is 4.64. The van der Waals surface area contributed by atoms with Crippen LogP contribution in [0.2, 0.25) is 0 Å². The van der Waals surface area contributed by atoms with Crippen molar-refractivity contribution in [3.63, 3.8) is 0 Å². The van der Waals surface area contributed by atoms with Crippen LogP contribution in [0.4, 0.5) is 5.69 Å². The van der Waals surface area contributed by atoms with Crippen molar-refractivity contribution in [2.75, 3.05) is 18.6 Å². The van der Waals surface area contributed by atoms with Gasteiger partial charge in [0, 0.05) is 17.8 Å². The average Bonchev–Trinajstić information content (AvgIpc) is 2.98. The van der Waals surface area contributed by atoms with E-state index in [-0.39, 0.29) is 11.8 Å². The molecule has 130 valence electrons. The van der Waals surface area contributed by atoms with Crippen molar-refractivity contribution in [3.8, 4) is 5.75 Å². The van der Waals surface area contributed by atoms with Gasteiger partial charge in [-0.3, -0.25) is 9.59 Å². The minimum atomic E-state index is -0.500. The number of benzene rings is 2. The molecule has 1 atom stereocenters. The van der Waals surface area contributed by atoms with Gasteiger partial charge in [0.05, 0.1) is 7.11 Å². The van der Waals surface area contributed by atoms with Crippen molar-refractivity contribution >= 4 is 17.5 Å². The number of aryl methyl sites for hydroxylation is 2. The maximum atomic E-state index is 12.7. The van der Waals surface area contributed by atoms with E-state index in [4.69, 9.17) is 4.74 Å². The van der Waals surface area contributed by atoms with Crippen LogP contribution in [0.3, 0.4) is 0 Å².